The molecule has 11 heteroatoms. The van der Waals surface area contributed by atoms with Gasteiger partial charge in [-0.15, -0.1) is 20.4 Å². The molecule has 9 nitrogen and oxygen atoms in total. The molecule has 0 saturated carbocycles. The van der Waals surface area contributed by atoms with Crippen molar-refractivity contribution in [2.24, 2.45) is 7.05 Å². The van der Waals surface area contributed by atoms with Crippen LogP contribution in [-0.2, 0) is 18.4 Å². The molecule has 0 aliphatic carbocycles. The van der Waals surface area contributed by atoms with E-state index in [1.165, 1.54) is 11.8 Å². The van der Waals surface area contributed by atoms with Gasteiger partial charge in [0.2, 0.25) is 17.7 Å². The molecule has 0 aliphatic heterocycles. The van der Waals surface area contributed by atoms with E-state index in [2.05, 4.69) is 25.4 Å². The number of nitrogens with zero attached hydrogens (tertiary/aromatic N) is 7. The summed E-state index contributed by atoms with van der Waals surface area (Å²) in [4.78, 5) is 18.7. The summed E-state index contributed by atoms with van der Waals surface area (Å²) in [7, 11) is 1.87. The number of amides is 1. The molecule has 0 aliphatic rings. The Balaban J connectivity index is 1.43. The molecule has 33 heavy (non-hydrogen) atoms. The number of thioether (sulfide) groups is 1. The first kappa shape index (κ1) is 22.9. The molecule has 3 heterocycles. The van der Waals surface area contributed by atoms with Gasteiger partial charge in [0.05, 0.1) is 22.9 Å². The van der Waals surface area contributed by atoms with Gasteiger partial charge < -0.3 is 13.9 Å². The fourth-order valence-electron chi connectivity index (χ4n) is 3.17. The maximum atomic E-state index is 13.0. The fraction of sp³-hybridized carbons (Fsp3) is 0.273. The van der Waals surface area contributed by atoms with Gasteiger partial charge in [-0.3, -0.25) is 9.78 Å². The Bertz CT molecular complexity index is 1240. The molecule has 4 aromatic rings. The summed E-state index contributed by atoms with van der Waals surface area (Å²) in [6.45, 7) is 4.09. The van der Waals surface area contributed by atoms with Crippen molar-refractivity contribution in [3.05, 3.63) is 59.7 Å². The van der Waals surface area contributed by atoms with E-state index >= 15 is 0 Å². The summed E-state index contributed by atoms with van der Waals surface area (Å²) < 4.78 is 7.64. The topological polar surface area (TPSA) is 103 Å². The van der Waals surface area contributed by atoms with Crippen LogP contribution in [0, 0.1) is 0 Å². The van der Waals surface area contributed by atoms with Crippen molar-refractivity contribution in [3.63, 3.8) is 0 Å². The van der Waals surface area contributed by atoms with Gasteiger partial charge in [0.1, 0.15) is 0 Å². The Morgan fingerprint density at radius 3 is 2.61 bits per heavy atom. The van der Waals surface area contributed by atoms with Gasteiger partial charge in [-0.05, 0) is 38.1 Å². The first-order valence-electron chi connectivity index (χ1n) is 10.2. The highest BCUT2D eigenvalue weighted by atomic mass is 35.5. The molecular formula is C22H22ClN7O2S. The van der Waals surface area contributed by atoms with Crippen molar-refractivity contribution in [1.82, 2.24) is 34.8 Å². The quantitative estimate of drug-likeness (QED) is 0.345. The van der Waals surface area contributed by atoms with Crippen molar-refractivity contribution < 1.29 is 9.21 Å². The lowest BCUT2D eigenvalue weighted by Gasteiger charge is -2.25. The molecule has 4 rings (SSSR count). The van der Waals surface area contributed by atoms with Crippen molar-refractivity contribution in [2.75, 3.05) is 5.75 Å². The number of rotatable bonds is 8. The van der Waals surface area contributed by atoms with Gasteiger partial charge in [0.15, 0.2) is 11.0 Å². The number of hydrogen-bond donors (Lipinski definition) is 0. The summed E-state index contributed by atoms with van der Waals surface area (Å²) >= 11 is 7.55. The zero-order valence-corrected chi connectivity index (χ0v) is 19.9. The highest BCUT2D eigenvalue weighted by Crippen LogP contribution is 2.27. The zero-order valence-electron chi connectivity index (χ0n) is 18.3. The van der Waals surface area contributed by atoms with Crippen LogP contribution in [0.15, 0.2) is 58.4 Å². The molecule has 0 spiro atoms. The van der Waals surface area contributed by atoms with Crippen LogP contribution in [0.4, 0.5) is 0 Å². The Hall–Kier alpha value is -3.24. The standard InChI is InChI=1S/C22H22ClN7O2S/c1-14(2)30(12-18-25-27-21(32-18)16-6-4-5-7-17(16)23)19(31)13-33-22-28-26-20(29(22)3)15-8-10-24-11-9-15/h4-11,14H,12-13H2,1-3H3. The van der Waals surface area contributed by atoms with Crippen LogP contribution in [0.2, 0.25) is 5.02 Å². The SMILES string of the molecule is CC(C)N(Cc1nnc(-c2ccccc2Cl)o1)C(=O)CSc1nnc(-c2ccncc2)n1C. The highest BCUT2D eigenvalue weighted by molar-refractivity contribution is 7.99. The number of aromatic nitrogens is 6. The first-order valence-corrected chi connectivity index (χ1v) is 11.6. The van der Waals surface area contributed by atoms with E-state index in [1.807, 2.05) is 55.8 Å². The molecular weight excluding hydrogens is 462 g/mol. The molecule has 0 fully saturated rings. The molecule has 1 aromatic carbocycles. The fourth-order valence-corrected chi connectivity index (χ4v) is 4.18. The number of benzene rings is 1. The van der Waals surface area contributed by atoms with Crippen LogP contribution in [-0.4, -0.2) is 52.5 Å². The van der Waals surface area contributed by atoms with E-state index in [0.717, 1.165) is 5.56 Å². The third-order valence-electron chi connectivity index (χ3n) is 4.92. The number of hydrogen-bond acceptors (Lipinski definition) is 8. The zero-order chi connectivity index (χ0) is 23.4. The first-order chi connectivity index (χ1) is 15.9. The highest BCUT2D eigenvalue weighted by Gasteiger charge is 2.22. The minimum atomic E-state index is -0.0686. The predicted octanol–water partition coefficient (Wildman–Crippen LogP) is 4.11. The molecule has 0 bridgehead atoms. The van der Waals surface area contributed by atoms with Crippen molar-refractivity contribution >= 4 is 29.3 Å². The van der Waals surface area contributed by atoms with E-state index in [9.17, 15) is 4.79 Å². The normalized spacial score (nSPS) is 11.2. The second-order valence-electron chi connectivity index (χ2n) is 7.49. The lowest BCUT2D eigenvalue weighted by atomic mass is 10.2. The molecule has 3 aromatic heterocycles. The van der Waals surface area contributed by atoms with Gasteiger partial charge in [-0.25, -0.2) is 0 Å². The Kier molecular flexibility index (Phi) is 7.05. The maximum Gasteiger partial charge on any atom is 0.249 e. The molecule has 0 N–H and O–H groups in total. The third-order valence-corrected chi connectivity index (χ3v) is 6.25. The number of halogens is 1. The lowest BCUT2D eigenvalue weighted by Crippen LogP contribution is -2.37. The Morgan fingerprint density at radius 1 is 1.12 bits per heavy atom. The average molecular weight is 484 g/mol. The summed E-state index contributed by atoms with van der Waals surface area (Å²) in [6, 6.07) is 10.9. The summed E-state index contributed by atoms with van der Waals surface area (Å²) in [5, 5.41) is 17.8. The Morgan fingerprint density at radius 2 is 1.88 bits per heavy atom. The van der Waals surface area contributed by atoms with Crippen LogP contribution in [0.1, 0.15) is 19.7 Å². The van der Waals surface area contributed by atoms with Crippen LogP contribution in [0.3, 0.4) is 0 Å². The van der Waals surface area contributed by atoms with Gasteiger partial charge in [0, 0.05) is 31.0 Å². The molecule has 0 radical (unpaired) electrons. The van der Waals surface area contributed by atoms with Gasteiger partial charge >= 0.3 is 0 Å². The molecule has 1 amide bonds. The van der Waals surface area contributed by atoms with E-state index in [0.29, 0.717) is 33.3 Å². The number of carbonyl (C=O) groups is 1. The van der Waals surface area contributed by atoms with Crippen molar-refractivity contribution in [3.8, 4) is 22.8 Å². The third kappa shape index (κ3) is 5.23. The van der Waals surface area contributed by atoms with Gasteiger partial charge in [0.25, 0.3) is 0 Å². The van der Waals surface area contributed by atoms with E-state index in [-0.39, 0.29) is 24.2 Å². The molecule has 0 saturated heterocycles. The van der Waals surface area contributed by atoms with Crippen LogP contribution in [0.5, 0.6) is 0 Å². The largest absolute Gasteiger partial charge is 0.419 e. The van der Waals surface area contributed by atoms with E-state index < -0.39 is 0 Å². The maximum absolute atomic E-state index is 13.0. The molecule has 0 atom stereocenters. The average Bonchev–Trinajstić information content (AvgIpc) is 3.43. The summed E-state index contributed by atoms with van der Waals surface area (Å²) in [5.74, 6) is 1.51. The molecule has 0 unspecified atom stereocenters. The van der Waals surface area contributed by atoms with E-state index in [4.69, 9.17) is 16.0 Å². The van der Waals surface area contributed by atoms with Crippen LogP contribution < -0.4 is 0 Å². The predicted molar refractivity (Wildman–Crippen MR) is 125 cm³/mol. The second-order valence-corrected chi connectivity index (χ2v) is 8.84. The smallest absolute Gasteiger partial charge is 0.249 e. The van der Waals surface area contributed by atoms with Crippen molar-refractivity contribution in [1.29, 1.82) is 0 Å². The van der Waals surface area contributed by atoms with Crippen LogP contribution >= 0.6 is 23.4 Å². The number of pyridine rings is 1. The molecule has 170 valence electrons. The lowest BCUT2D eigenvalue weighted by molar-refractivity contribution is -0.131. The second kappa shape index (κ2) is 10.1. The van der Waals surface area contributed by atoms with Gasteiger partial charge in [-0.2, -0.15) is 0 Å². The summed E-state index contributed by atoms with van der Waals surface area (Å²) in [6.07, 6.45) is 3.41. The monoisotopic (exact) mass is 483 g/mol. The minimum Gasteiger partial charge on any atom is -0.419 e. The van der Waals surface area contributed by atoms with E-state index in [1.54, 1.807) is 23.4 Å². The van der Waals surface area contributed by atoms with Crippen molar-refractivity contribution in [2.45, 2.75) is 31.6 Å². The van der Waals surface area contributed by atoms with Crippen LogP contribution in [0.25, 0.3) is 22.8 Å². The minimum absolute atomic E-state index is 0.0550. The number of carbonyl (C=O) groups excluding carboxylic acids is 1. The summed E-state index contributed by atoms with van der Waals surface area (Å²) in [5.41, 5.74) is 1.57. The van der Waals surface area contributed by atoms with Gasteiger partial charge in [-0.1, -0.05) is 35.5 Å². The Labute approximate surface area is 200 Å².